The van der Waals surface area contributed by atoms with Gasteiger partial charge in [0.05, 0.1) is 28.0 Å². The van der Waals surface area contributed by atoms with E-state index in [0.717, 1.165) is 5.69 Å². The Balaban J connectivity index is 1.70. The number of anilines is 2. The number of pyridine rings is 1. The number of carbonyl (C=O) groups excluding carboxylic acids is 1. The van der Waals surface area contributed by atoms with Crippen molar-refractivity contribution in [3.8, 4) is 0 Å². The SMILES string of the molecule is O=C(Nc1cccc(Cl)c1Cl)c1ccnc(NCc2ccccn2)n1. The van der Waals surface area contributed by atoms with Gasteiger partial charge < -0.3 is 10.6 Å². The van der Waals surface area contributed by atoms with Crippen LogP contribution in [0.4, 0.5) is 11.6 Å². The molecular weight excluding hydrogens is 361 g/mol. The van der Waals surface area contributed by atoms with Gasteiger partial charge in [0, 0.05) is 12.4 Å². The maximum atomic E-state index is 12.4. The van der Waals surface area contributed by atoms with E-state index in [9.17, 15) is 4.79 Å². The molecule has 0 saturated heterocycles. The second-order valence-electron chi connectivity index (χ2n) is 5.00. The first kappa shape index (κ1) is 17.1. The lowest BCUT2D eigenvalue weighted by atomic mass is 10.3. The Morgan fingerprint density at radius 2 is 1.88 bits per heavy atom. The molecule has 0 fully saturated rings. The Morgan fingerprint density at radius 3 is 2.68 bits per heavy atom. The lowest BCUT2D eigenvalue weighted by Gasteiger charge is -2.09. The van der Waals surface area contributed by atoms with Gasteiger partial charge in [-0.25, -0.2) is 9.97 Å². The van der Waals surface area contributed by atoms with Crippen LogP contribution >= 0.6 is 23.2 Å². The summed E-state index contributed by atoms with van der Waals surface area (Å²) in [6, 6.07) is 12.1. The zero-order valence-corrected chi connectivity index (χ0v) is 14.4. The van der Waals surface area contributed by atoms with Crippen LogP contribution in [-0.4, -0.2) is 20.9 Å². The Kier molecular flexibility index (Phi) is 5.42. The highest BCUT2D eigenvalue weighted by atomic mass is 35.5. The number of hydrogen-bond acceptors (Lipinski definition) is 5. The van der Waals surface area contributed by atoms with E-state index in [1.807, 2.05) is 18.2 Å². The third kappa shape index (κ3) is 4.43. The number of benzene rings is 1. The Hall–Kier alpha value is -2.70. The molecule has 126 valence electrons. The van der Waals surface area contributed by atoms with Gasteiger partial charge in [-0.2, -0.15) is 0 Å². The van der Waals surface area contributed by atoms with Gasteiger partial charge in [0.1, 0.15) is 5.69 Å². The molecule has 0 aliphatic carbocycles. The van der Waals surface area contributed by atoms with Gasteiger partial charge in [-0.15, -0.1) is 0 Å². The molecule has 3 rings (SSSR count). The molecule has 1 aromatic carbocycles. The van der Waals surface area contributed by atoms with Crippen molar-refractivity contribution in [2.45, 2.75) is 6.54 Å². The minimum Gasteiger partial charge on any atom is -0.349 e. The number of amides is 1. The van der Waals surface area contributed by atoms with Crippen molar-refractivity contribution in [1.82, 2.24) is 15.0 Å². The third-order valence-corrected chi connectivity index (χ3v) is 4.06. The molecule has 2 heterocycles. The second-order valence-corrected chi connectivity index (χ2v) is 5.78. The molecule has 0 aliphatic rings. The minimum absolute atomic E-state index is 0.203. The summed E-state index contributed by atoms with van der Waals surface area (Å²) in [6.07, 6.45) is 3.21. The van der Waals surface area contributed by atoms with E-state index in [0.29, 0.717) is 23.2 Å². The zero-order valence-electron chi connectivity index (χ0n) is 12.9. The van der Waals surface area contributed by atoms with Crippen molar-refractivity contribution < 1.29 is 4.79 Å². The van der Waals surface area contributed by atoms with E-state index < -0.39 is 5.91 Å². The number of rotatable bonds is 5. The van der Waals surface area contributed by atoms with Crippen LogP contribution in [-0.2, 0) is 6.54 Å². The number of nitrogens with one attached hydrogen (secondary N) is 2. The molecule has 0 aliphatic heterocycles. The molecule has 6 nitrogen and oxygen atoms in total. The van der Waals surface area contributed by atoms with Crippen LogP contribution in [0, 0.1) is 0 Å². The summed E-state index contributed by atoms with van der Waals surface area (Å²) in [5.41, 5.74) is 1.46. The molecule has 8 heteroatoms. The fraction of sp³-hybridized carbons (Fsp3) is 0.0588. The summed E-state index contributed by atoms with van der Waals surface area (Å²) in [5, 5.41) is 6.35. The number of carbonyl (C=O) groups is 1. The fourth-order valence-corrected chi connectivity index (χ4v) is 2.38. The molecule has 1 amide bonds. The molecule has 0 radical (unpaired) electrons. The molecule has 0 atom stereocenters. The number of hydrogen-bond donors (Lipinski definition) is 2. The monoisotopic (exact) mass is 373 g/mol. The summed E-state index contributed by atoms with van der Waals surface area (Å²) in [4.78, 5) is 24.9. The highest BCUT2D eigenvalue weighted by molar-refractivity contribution is 6.44. The lowest BCUT2D eigenvalue weighted by Crippen LogP contribution is -2.15. The number of aromatic nitrogens is 3. The van der Waals surface area contributed by atoms with Crippen LogP contribution in [0.25, 0.3) is 0 Å². The lowest BCUT2D eigenvalue weighted by molar-refractivity contribution is 0.102. The van der Waals surface area contributed by atoms with Crippen molar-refractivity contribution in [2.75, 3.05) is 10.6 Å². The van der Waals surface area contributed by atoms with Crippen molar-refractivity contribution in [3.63, 3.8) is 0 Å². The molecule has 2 aromatic heterocycles. The van der Waals surface area contributed by atoms with E-state index >= 15 is 0 Å². The van der Waals surface area contributed by atoms with Crippen molar-refractivity contribution in [2.24, 2.45) is 0 Å². The summed E-state index contributed by atoms with van der Waals surface area (Å²) in [6.45, 7) is 0.450. The first-order valence-corrected chi connectivity index (χ1v) is 8.11. The topological polar surface area (TPSA) is 79.8 Å². The fourth-order valence-electron chi connectivity index (χ4n) is 2.03. The molecule has 0 bridgehead atoms. The van der Waals surface area contributed by atoms with Gasteiger partial charge in [0.15, 0.2) is 0 Å². The van der Waals surface area contributed by atoms with Gasteiger partial charge in [-0.1, -0.05) is 35.3 Å². The van der Waals surface area contributed by atoms with Gasteiger partial charge in [0.2, 0.25) is 5.95 Å². The van der Waals surface area contributed by atoms with E-state index in [1.54, 1.807) is 24.4 Å². The summed E-state index contributed by atoms with van der Waals surface area (Å²) >= 11 is 12.0. The number of nitrogens with zero attached hydrogens (tertiary/aromatic N) is 3. The summed E-state index contributed by atoms with van der Waals surface area (Å²) in [5.74, 6) is -0.0806. The van der Waals surface area contributed by atoms with Crippen LogP contribution in [0.1, 0.15) is 16.2 Å². The Labute approximate surface area is 154 Å². The van der Waals surface area contributed by atoms with Crippen molar-refractivity contribution >= 4 is 40.7 Å². The van der Waals surface area contributed by atoms with Gasteiger partial charge in [-0.3, -0.25) is 9.78 Å². The quantitative estimate of drug-likeness (QED) is 0.705. The first-order valence-electron chi connectivity index (χ1n) is 7.35. The molecule has 25 heavy (non-hydrogen) atoms. The van der Waals surface area contributed by atoms with Crippen LogP contribution in [0.5, 0.6) is 0 Å². The molecule has 0 saturated carbocycles. The average Bonchev–Trinajstić information content (AvgIpc) is 2.65. The van der Waals surface area contributed by atoms with Crippen LogP contribution in [0.15, 0.2) is 54.9 Å². The third-order valence-electron chi connectivity index (χ3n) is 3.24. The molecule has 0 spiro atoms. The summed E-state index contributed by atoms with van der Waals surface area (Å²) in [7, 11) is 0. The highest BCUT2D eigenvalue weighted by Crippen LogP contribution is 2.29. The van der Waals surface area contributed by atoms with Crippen LogP contribution in [0.2, 0.25) is 10.0 Å². The predicted octanol–water partition coefficient (Wildman–Crippen LogP) is 4.04. The smallest absolute Gasteiger partial charge is 0.274 e. The van der Waals surface area contributed by atoms with Gasteiger partial charge in [0.25, 0.3) is 5.91 Å². The van der Waals surface area contributed by atoms with Crippen molar-refractivity contribution in [1.29, 1.82) is 0 Å². The minimum atomic E-state index is -0.410. The van der Waals surface area contributed by atoms with E-state index in [-0.39, 0.29) is 10.7 Å². The van der Waals surface area contributed by atoms with E-state index in [1.165, 1.54) is 12.3 Å². The zero-order chi connectivity index (χ0) is 17.6. The largest absolute Gasteiger partial charge is 0.349 e. The van der Waals surface area contributed by atoms with Crippen LogP contribution in [0.3, 0.4) is 0 Å². The Morgan fingerprint density at radius 1 is 1.00 bits per heavy atom. The first-order chi connectivity index (χ1) is 12.1. The predicted molar refractivity (Wildman–Crippen MR) is 98.0 cm³/mol. The number of halogens is 2. The maximum Gasteiger partial charge on any atom is 0.274 e. The second kappa shape index (κ2) is 7.92. The summed E-state index contributed by atoms with van der Waals surface area (Å²) < 4.78 is 0. The molecule has 2 N–H and O–H groups in total. The van der Waals surface area contributed by atoms with Crippen LogP contribution < -0.4 is 10.6 Å². The van der Waals surface area contributed by atoms with Crippen molar-refractivity contribution in [3.05, 3.63) is 76.3 Å². The van der Waals surface area contributed by atoms with Gasteiger partial charge in [-0.05, 0) is 30.3 Å². The molecular formula is C17H13Cl2N5O. The molecule has 0 unspecified atom stereocenters. The normalized spacial score (nSPS) is 10.3. The highest BCUT2D eigenvalue weighted by Gasteiger charge is 2.12. The Bertz CT molecular complexity index is 889. The maximum absolute atomic E-state index is 12.4. The standard InChI is InChI=1S/C17H13Cl2N5O/c18-12-5-3-6-13(15(12)19)23-16(25)14-7-9-21-17(24-14)22-10-11-4-1-2-8-20-11/h1-9H,10H2,(H,23,25)(H,21,22,24). The van der Waals surface area contributed by atoms with E-state index in [2.05, 4.69) is 25.6 Å². The molecule has 3 aromatic rings. The van der Waals surface area contributed by atoms with Gasteiger partial charge >= 0.3 is 0 Å². The van der Waals surface area contributed by atoms with E-state index in [4.69, 9.17) is 23.2 Å². The average molecular weight is 374 g/mol.